The SMILES string of the molecule is C=CCOc1c(Br)cc(Br)cc1/C=C1\C(=O)ON=C1C. The van der Waals surface area contributed by atoms with E-state index < -0.39 is 5.97 Å². The first kappa shape index (κ1) is 15.0. The van der Waals surface area contributed by atoms with E-state index in [1.807, 2.05) is 12.1 Å². The summed E-state index contributed by atoms with van der Waals surface area (Å²) in [6.45, 7) is 5.71. The number of oxime groups is 1. The van der Waals surface area contributed by atoms with E-state index in [1.165, 1.54) is 0 Å². The lowest BCUT2D eigenvalue weighted by atomic mass is 10.1. The molecule has 4 nitrogen and oxygen atoms in total. The molecule has 0 unspecified atom stereocenters. The van der Waals surface area contributed by atoms with Gasteiger partial charge in [-0.25, -0.2) is 4.79 Å². The molecule has 0 spiro atoms. The Morgan fingerprint density at radius 3 is 2.80 bits per heavy atom. The molecule has 6 heteroatoms. The van der Waals surface area contributed by atoms with Crippen LogP contribution in [0.5, 0.6) is 5.75 Å². The molecule has 0 N–H and O–H groups in total. The molecule has 1 heterocycles. The molecule has 1 aromatic rings. The average Bonchev–Trinajstić information content (AvgIpc) is 2.69. The summed E-state index contributed by atoms with van der Waals surface area (Å²) in [5.74, 6) is 0.168. The van der Waals surface area contributed by atoms with Gasteiger partial charge in [0, 0.05) is 10.0 Å². The van der Waals surface area contributed by atoms with Gasteiger partial charge in [0.1, 0.15) is 12.4 Å². The smallest absolute Gasteiger partial charge is 0.367 e. The number of halogens is 2. The summed E-state index contributed by atoms with van der Waals surface area (Å²) in [5.41, 5.74) is 1.70. The molecule has 1 aliphatic heterocycles. The van der Waals surface area contributed by atoms with Gasteiger partial charge in [0.05, 0.1) is 15.8 Å². The van der Waals surface area contributed by atoms with Crippen molar-refractivity contribution in [1.29, 1.82) is 0 Å². The minimum absolute atomic E-state index is 0.369. The minimum atomic E-state index is -0.465. The van der Waals surface area contributed by atoms with Crippen LogP contribution in [0.4, 0.5) is 0 Å². The summed E-state index contributed by atoms with van der Waals surface area (Å²) in [6, 6.07) is 3.73. The zero-order valence-corrected chi connectivity index (χ0v) is 13.8. The van der Waals surface area contributed by atoms with Crippen molar-refractivity contribution in [1.82, 2.24) is 0 Å². The molecule has 1 aliphatic rings. The molecular weight excluding hydrogens is 390 g/mol. The topological polar surface area (TPSA) is 47.9 Å². The Balaban J connectivity index is 2.49. The standard InChI is InChI=1S/C14H11Br2NO3/c1-3-4-19-13-9(5-10(15)7-12(13)16)6-11-8(2)17-20-14(11)18/h3,5-7H,1,4H2,2H3/b11-6-. The Bertz CT molecular complexity index is 636. The largest absolute Gasteiger partial charge is 0.488 e. The maximum absolute atomic E-state index is 11.6. The maximum Gasteiger partial charge on any atom is 0.367 e. The molecule has 0 saturated heterocycles. The summed E-state index contributed by atoms with van der Waals surface area (Å²) >= 11 is 6.86. The van der Waals surface area contributed by atoms with Gasteiger partial charge in [-0.05, 0) is 41.1 Å². The van der Waals surface area contributed by atoms with Crippen LogP contribution >= 0.6 is 31.9 Å². The van der Waals surface area contributed by atoms with Crippen LogP contribution in [0, 0.1) is 0 Å². The molecule has 0 amide bonds. The summed E-state index contributed by atoms with van der Waals surface area (Å²) in [5, 5.41) is 3.65. The fourth-order valence-electron chi connectivity index (χ4n) is 1.66. The van der Waals surface area contributed by atoms with Gasteiger partial charge in [-0.1, -0.05) is 33.7 Å². The number of carbonyl (C=O) groups excluding carboxylic acids is 1. The Labute approximate surface area is 133 Å². The second-order valence-corrected chi connectivity index (χ2v) is 5.79. The summed E-state index contributed by atoms with van der Waals surface area (Å²) in [6.07, 6.45) is 3.35. The number of ether oxygens (including phenoxy) is 1. The molecule has 20 heavy (non-hydrogen) atoms. The van der Waals surface area contributed by atoms with Crippen LogP contribution in [0.15, 0.2) is 44.5 Å². The number of nitrogens with zero attached hydrogens (tertiary/aromatic N) is 1. The Kier molecular flexibility index (Phi) is 4.77. The third-order valence-electron chi connectivity index (χ3n) is 2.56. The van der Waals surface area contributed by atoms with Crippen molar-refractivity contribution in [3.8, 4) is 5.75 Å². The van der Waals surface area contributed by atoms with Crippen molar-refractivity contribution < 1.29 is 14.4 Å². The van der Waals surface area contributed by atoms with Gasteiger partial charge in [0.2, 0.25) is 0 Å². The predicted octanol–water partition coefficient (Wildman–Crippen LogP) is 4.09. The molecule has 0 aromatic heterocycles. The molecule has 2 rings (SSSR count). The van der Waals surface area contributed by atoms with Crippen molar-refractivity contribution in [3.05, 3.63) is 44.9 Å². The average molecular weight is 401 g/mol. The third-order valence-corrected chi connectivity index (χ3v) is 3.60. The maximum atomic E-state index is 11.6. The molecule has 0 saturated carbocycles. The Morgan fingerprint density at radius 1 is 1.45 bits per heavy atom. The van der Waals surface area contributed by atoms with Crippen LogP contribution < -0.4 is 4.74 Å². The zero-order valence-electron chi connectivity index (χ0n) is 10.7. The van der Waals surface area contributed by atoms with E-state index in [1.54, 1.807) is 19.1 Å². The van der Waals surface area contributed by atoms with E-state index in [4.69, 9.17) is 4.74 Å². The van der Waals surface area contributed by atoms with Crippen molar-refractivity contribution in [2.75, 3.05) is 6.61 Å². The first-order valence-electron chi connectivity index (χ1n) is 5.73. The van der Waals surface area contributed by atoms with Crippen molar-refractivity contribution in [2.24, 2.45) is 5.16 Å². The van der Waals surface area contributed by atoms with Crippen LogP contribution in [0.3, 0.4) is 0 Å². The normalized spacial score (nSPS) is 16.1. The van der Waals surface area contributed by atoms with Crippen molar-refractivity contribution in [3.63, 3.8) is 0 Å². The van der Waals surface area contributed by atoms with Crippen LogP contribution in [-0.2, 0) is 9.63 Å². The quantitative estimate of drug-likeness (QED) is 0.434. The van der Waals surface area contributed by atoms with Gasteiger partial charge in [-0.15, -0.1) is 0 Å². The Hall–Kier alpha value is -1.40. The van der Waals surface area contributed by atoms with Gasteiger partial charge in [0.15, 0.2) is 0 Å². The number of hydrogen-bond acceptors (Lipinski definition) is 4. The highest BCUT2D eigenvalue weighted by Gasteiger charge is 2.23. The van der Waals surface area contributed by atoms with Crippen LogP contribution in [0.1, 0.15) is 12.5 Å². The number of rotatable bonds is 4. The first-order valence-corrected chi connectivity index (χ1v) is 7.32. The lowest BCUT2D eigenvalue weighted by molar-refractivity contribution is -0.136. The minimum Gasteiger partial charge on any atom is -0.488 e. The van der Waals surface area contributed by atoms with E-state index in [9.17, 15) is 4.79 Å². The second kappa shape index (κ2) is 6.37. The van der Waals surface area contributed by atoms with Crippen LogP contribution in [0.25, 0.3) is 6.08 Å². The van der Waals surface area contributed by atoms with Gasteiger partial charge in [-0.3, -0.25) is 0 Å². The zero-order chi connectivity index (χ0) is 14.7. The monoisotopic (exact) mass is 399 g/mol. The Morgan fingerprint density at radius 2 is 2.20 bits per heavy atom. The second-order valence-electron chi connectivity index (χ2n) is 4.02. The molecule has 0 radical (unpaired) electrons. The lowest BCUT2D eigenvalue weighted by Gasteiger charge is -2.11. The highest BCUT2D eigenvalue weighted by molar-refractivity contribution is 9.11. The molecule has 0 atom stereocenters. The molecule has 0 aliphatic carbocycles. The molecule has 1 aromatic carbocycles. The third kappa shape index (κ3) is 3.19. The van der Waals surface area contributed by atoms with E-state index in [0.717, 1.165) is 14.5 Å². The molecule has 0 fully saturated rings. The lowest BCUT2D eigenvalue weighted by Crippen LogP contribution is -2.03. The van der Waals surface area contributed by atoms with E-state index in [2.05, 4.69) is 48.4 Å². The summed E-state index contributed by atoms with van der Waals surface area (Å²) in [4.78, 5) is 16.2. The molecule has 104 valence electrons. The number of hydrogen-bond donors (Lipinski definition) is 0. The van der Waals surface area contributed by atoms with E-state index >= 15 is 0 Å². The molecular formula is C14H11Br2NO3. The number of carbonyl (C=O) groups is 1. The van der Waals surface area contributed by atoms with Gasteiger partial charge in [-0.2, -0.15) is 0 Å². The van der Waals surface area contributed by atoms with Gasteiger partial charge < -0.3 is 9.57 Å². The predicted molar refractivity (Wildman–Crippen MR) is 84.7 cm³/mol. The van der Waals surface area contributed by atoms with Crippen molar-refractivity contribution in [2.45, 2.75) is 6.92 Å². The van der Waals surface area contributed by atoms with Crippen LogP contribution in [0.2, 0.25) is 0 Å². The fraction of sp³-hybridized carbons (Fsp3) is 0.143. The fourth-order valence-corrected chi connectivity index (χ4v) is 3.03. The summed E-state index contributed by atoms with van der Waals surface area (Å²) in [7, 11) is 0. The summed E-state index contributed by atoms with van der Waals surface area (Å²) < 4.78 is 7.27. The van der Waals surface area contributed by atoms with E-state index in [0.29, 0.717) is 23.6 Å². The van der Waals surface area contributed by atoms with E-state index in [-0.39, 0.29) is 0 Å². The number of benzene rings is 1. The molecule has 0 bridgehead atoms. The highest BCUT2D eigenvalue weighted by Crippen LogP contribution is 2.35. The van der Waals surface area contributed by atoms with Gasteiger partial charge >= 0.3 is 5.97 Å². The first-order chi connectivity index (χ1) is 9.52. The highest BCUT2D eigenvalue weighted by atomic mass is 79.9. The van der Waals surface area contributed by atoms with Gasteiger partial charge in [0.25, 0.3) is 0 Å². The van der Waals surface area contributed by atoms with Crippen molar-refractivity contribution >= 4 is 49.6 Å². The van der Waals surface area contributed by atoms with Crippen LogP contribution in [-0.4, -0.2) is 18.3 Å².